The van der Waals surface area contributed by atoms with Gasteiger partial charge in [0.25, 0.3) is 0 Å². The van der Waals surface area contributed by atoms with Crippen molar-refractivity contribution in [3.8, 4) is 11.5 Å². The average molecular weight is 477 g/mol. The maximum absolute atomic E-state index is 13.4. The molecule has 0 saturated carbocycles. The van der Waals surface area contributed by atoms with E-state index in [1.165, 1.54) is 23.3 Å². The largest absolute Gasteiger partial charge is 0.497 e. The molecule has 0 aromatic heterocycles. The lowest BCUT2D eigenvalue weighted by molar-refractivity contribution is -0.130. The summed E-state index contributed by atoms with van der Waals surface area (Å²) in [5.41, 5.74) is 3.41. The molecule has 3 aromatic carbocycles. The number of likely N-dealkylation sites (tertiary alicyclic amines) is 1. The van der Waals surface area contributed by atoms with E-state index in [4.69, 9.17) is 9.47 Å². The van der Waals surface area contributed by atoms with Crippen LogP contribution in [0.5, 0.6) is 11.5 Å². The Morgan fingerprint density at radius 2 is 1.46 bits per heavy atom. The van der Waals surface area contributed by atoms with Crippen LogP contribution in [0.4, 0.5) is 4.39 Å². The van der Waals surface area contributed by atoms with E-state index in [0.29, 0.717) is 13.1 Å². The van der Waals surface area contributed by atoms with Gasteiger partial charge < -0.3 is 14.4 Å². The summed E-state index contributed by atoms with van der Waals surface area (Å²) < 4.78 is 24.0. The quantitative estimate of drug-likeness (QED) is 0.431. The van der Waals surface area contributed by atoms with Crippen molar-refractivity contribution >= 4 is 5.91 Å². The minimum Gasteiger partial charge on any atom is -0.497 e. The van der Waals surface area contributed by atoms with Crippen LogP contribution in [0.3, 0.4) is 0 Å². The van der Waals surface area contributed by atoms with Crippen LogP contribution in [-0.2, 0) is 17.9 Å². The van der Waals surface area contributed by atoms with E-state index in [-0.39, 0.29) is 23.6 Å². The van der Waals surface area contributed by atoms with Crippen LogP contribution in [0.2, 0.25) is 0 Å². The second kappa shape index (κ2) is 11.4. The van der Waals surface area contributed by atoms with E-state index < -0.39 is 0 Å². The molecule has 35 heavy (non-hydrogen) atoms. The molecule has 1 amide bonds. The first-order valence-corrected chi connectivity index (χ1v) is 11.9. The molecule has 1 aliphatic heterocycles. The Kier molecular flexibility index (Phi) is 8.03. The fourth-order valence-electron chi connectivity index (χ4n) is 4.89. The molecule has 0 unspecified atom stereocenters. The maximum atomic E-state index is 13.4. The molecular formula is C29H33FN2O3. The van der Waals surface area contributed by atoms with Crippen LogP contribution < -0.4 is 9.47 Å². The Hall–Kier alpha value is -3.38. The van der Waals surface area contributed by atoms with Gasteiger partial charge in [0, 0.05) is 45.6 Å². The number of nitrogens with zero attached hydrogens (tertiary/aromatic N) is 2. The molecule has 3 aromatic rings. The van der Waals surface area contributed by atoms with Crippen molar-refractivity contribution in [1.82, 2.24) is 9.80 Å². The summed E-state index contributed by atoms with van der Waals surface area (Å²) in [6, 6.07) is 22.8. The Labute approximate surface area is 207 Å². The number of carbonyl (C=O) groups is 1. The van der Waals surface area contributed by atoms with Crippen LogP contribution in [-0.4, -0.2) is 49.6 Å². The number of ether oxygens (including phenoxy) is 2. The molecule has 1 aliphatic rings. The third kappa shape index (κ3) is 6.40. The number of amides is 1. The maximum Gasteiger partial charge on any atom is 0.219 e. The molecule has 0 radical (unpaired) electrons. The van der Waals surface area contributed by atoms with Gasteiger partial charge in [-0.25, -0.2) is 4.39 Å². The van der Waals surface area contributed by atoms with Gasteiger partial charge in [-0.3, -0.25) is 9.69 Å². The number of methoxy groups -OCH3 is 2. The van der Waals surface area contributed by atoms with Crippen molar-refractivity contribution in [2.24, 2.45) is 5.92 Å². The Balaban J connectivity index is 1.53. The second-order valence-corrected chi connectivity index (χ2v) is 9.21. The van der Waals surface area contributed by atoms with Crippen LogP contribution in [0.25, 0.3) is 0 Å². The van der Waals surface area contributed by atoms with Crippen molar-refractivity contribution in [2.75, 3.05) is 33.9 Å². The van der Waals surface area contributed by atoms with Crippen molar-refractivity contribution in [3.63, 3.8) is 0 Å². The fourth-order valence-corrected chi connectivity index (χ4v) is 4.89. The smallest absolute Gasteiger partial charge is 0.219 e. The number of rotatable bonds is 9. The SMILES string of the molecule is COc1ccc(CN2C[C@H](CN(Cc3ccc(F)cc3)C(C)=O)[C@H](c3ccc(OC)cc3)C2)cc1. The summed E-state index contributed by atoms with van der Waals surface area (Å²) in [4.78, 5) is 16.9. The molecule has 0 spiro atoms. The predicted molar refractivity (Wildman–Crippen MR) is 135 cm³/mol. The fraction of sp³-hybridized carbons (Fsp3) is 0.345. The normalized spacial score (nSPS) is 17.8. The van der Waals surface area contributed by atoms with Crippen molar-refractivity contribution in [3.05, 3.63) is 95.3 Å². The number of carbonyl (C=O) groups excluding carboxylic acids is 1. The first kappa shape index (κ1) is 24.7. The molecule has 0 bridgehead atoms. The van der Waals surface area contributed by atoms with Gasteiger partial charge in [-0.1, -0.05) is 36.4 Å². The molecule has 4 rings (SSSR count). The highest BCUT2D eigenvalue weighted by molar-refractivity contribution is 5.73. The zero-order valence-corrected chi connectivity index (χ0v) is 20.6. The van der Waals surface area contributed by atoms with Gasteiger partial charge in [0.2, 0.25) is 5.91 Å². The standard InChI is InChI=1S/C29H33FN2O3/c1-21(33)32(17-23-4-10-26(30)11-5-23)19-25-18-31(16-22-6-12-27(34-2)13-7-22)20-29(25)24-8-14-28(35-3)15-9-24/h4-15,25,29H,16-20H2,1-3H3/t25-,29+/m1/s1. The molecule has 2 atom stereocenters. The van der Waals surface area contributed by atoms with Gasteiger partial charge in [0.1, 0.15) is 17.3 Å². The molecule has 1 heterocycles. The van der Waals surface area contributed by atoms with Crippen molar-refractivity contribution in [2.45, 2.75) is 25.9 Å². The van der Waals surface area contributed by atoms with Crippen LogP contribution in [0, 0.1) is 11.7 Å². The van der Waals surface area contributed by atoms with Crippen molar-refractivity contribution in [1.29, 1.82) is 0 Å². The monoisotopic (exact) mass is 476 g/mol. The lowest BCUT2D eigenvalue weighted by atomic mass is 9.88. The lowest BCUT2D eigenvalue weighted by Crippen LogP contribution is -2.35. The van der Waals surface area contributed by atoms with E-state index in [1.807, 2.05) is 29.2 Å². The molecule has 1 saturated heterocycles. The van der Waals surface area contributed by atoms with E-state index in [1.54, 1.807) is 33.3 Å². The van der Waals surface area contributed by atoms with Gasteiger partial charge >= 0.3 is 0 Å². The topological polar surface area (TPSA) is 42.0 Å². The third-order valence-electron chi connectivity index (χ3n) is 6.81. The average Bonchev–Trinajstić information content (AvgIpc) is 3.27. The number of hydrogen-bond donors (Lipinski definition) is 0. The summed E-state index contributed by atoms with van der Waals surface area (Å²) in [6.07, 6.45) is 0. The minimum atomic E-state index is -0.271. The molecule has 184 valence electrons. The highest BCUT2D eigenvalue weighted by Gasteiger charge is 2.35. The summed E-state index contributed by atoms with van der Waals surface area (Å²) in [6.45, 7) is 5.35. The summed E-state index contributed by atoms with van der Waals surface area (Å²) in [5, 5.41) is 0. The minimum absolute atomic E-state index is 0.0245. The van der Waals surface area contributed by atoms with Gasteiger partial charge in [0.15, 0.2) is 0 Å². The Bertz CT molecular complexity index is 1100. The Morgan fingerprint density at radius 3 is 2.03 bits per heavy atom. The zero-order valence-electron chi connectivity index (χ0n) is 20.6. The molecule has 5 nitrogen and oxygen atoms in total. The summed E-state index contributed by atoms with van der Waals surface area (Å²) in [5.74, 6) is 1.99. The summed E-state index contributed by atoms with van der Waals surface area (Å²) in [7, 11) is 3.34. The molecule has 1 fully saturated rings. The van der Waals surface area contributed by atoms with E-state index in [9.17, 15) is 9.18 Å². The first-order valence-electron chi connectivity index (χ1n) is 11.9. The third-order valence-corrected chi connectivity index (χ3v) is 6.81. The number of halogens is 1. The molecular weight excluding hydrogens is 443 g/mol. The van der Waals surface area contributed by atoms with Gasteiger partial charge in [-0.05, 0) is 59.0 Å². The highest BCUT2D eigenvalue weighted by Crippen LogP contribution is 2.35. The number of benzene rings is 3. The molecule has 6 heteroatoms. The number of hydrogen-bond acceptors (Lipinski definition) is 4. The Morgan fingerprint density at radius 1 is 0.886 bits per heavy atom. The first-order chi connectivity index (χ1) is 16.9. The summed E-state index contributed by atoms with van der Waals surface area (Å²) >= 11 is 0. The van der Waals surface area contributed by atoms with Crippen molar-refractivity contribution < 1.29 is 18.7 Å². The van der Waals surface area contributed by atoms with Gasteiger partial charge in [0.05, 0.1) is 14.2 Å². The van der Waals surface area contributed by atoms with E-state index in [0.717, 1.165) is 36.7 Å². The van der Waals surface area contributed by atoms with Gasteiger partial charge in [-0.15, -0.1) is 0 Å². The molecule has 0 N–H and O–H groups in total. The highest BCUT2D eigenvalue weighted by atomic mass is 19.1. The zero-order chi connectivity index (χ0) is 24.8. The van der Waals surface area contributed by atoms with Crippen LogP contribution in [0.1, 0.15) is 29.5 Å². The predicted octanol–water partition coefficient (Wildman–Crippen LogP) is 5.11. The molecule has 0 aliphatic carbocycles. The van der Waals surface area contributed by atoms with Crippen LogP contribution >= 0.6 is 0 Å². The van der Waals surface area contributed by atoms with E-state index >= 15 is 0 Å². The van der Waals surface area contributed by atoms with E-state index in [2.05, 4.69) is 29.2 Å². The van der Waals surface area contributed by atoms with Gasteiger partial charge in [-0.2, -0.15) is 0 Å². The van der Waals surface area contributed by atoms with Crippen LogP contribution in [0.15, 0.2) is 72.8 Å². The lowest BCUT2D eigenvalue weighted by Gasteiger charge is -2.28. The second-order valence-electron chi connectivity index (χ2n) is 9.21.